The fraction of sp³-hybridized carbons (Fsp3) is 0.400. The van der Waals surface area contributed by atoms with E-state index in [2.05, 4.69) is 15.9 Å². The minimum atomic E-state index is -3.53. The maximum atomic E-state index is 12.2. The Morgan fingerprint density at radius 2 is 2.18 bits per heavy atom. The van der Waals surface area contributed by atoms with Gasteiger partial charge in [-0.1, -0.05) is 11.6 Å². The fourth-order valence-corrected chi connectivity index (χ4v) is 3.88. The largest absolute Gasteiger partial charge is 0.392 e. The molecule has 1 aliphatic rings. The SMILES string of the molecule is O=S(=O)(c1ccc(Cl)c(Br)c1)N1CC[C@@H](O)C1. The molecule has 0 bridgehead atoms. The predicted octanol–water partition coefficient (Wildman–Crippen LogP) is 1.86. The Morgan fingerprint density at radius 1 is 1.47 bits per heavy atom. The lowest BCUT2D eigenvalue weighted by Crippen LogP contribution is -2.29. The van der Waals surface area contributed by atoms with E-state index in [0.717, 1.165) is 0 Å². The highest BCUT2D eigenvalue weighted by Crippen LogP contribution is 2.28. The number of hydrogen-bond donors (Lipinski definition) is 1. The minimum Gasteiger partial charge on any atom is -0.392 e. The molecule has 4 nitrogen and oxygen atoms in total. The number of aliphatic hydroxyl groups is 1. The van der Waals surface area contributed by atoms with Crippen molar-refractivity contribution in [1.82, 2.24) is 4.31 Å². The molecule has 17 heavy (non-hydrogen) atoms. The Labute approximate surface area is 113 Å². The molecule has 0 aromatic heterocycles. The first-order valence-electron chi connectivity index (χ1n) is 5.04. The predicted molar refractivity (Wildman–Crippen MR) is 68.5 cm³/mol. The first-order chi connectivity index (χ1) is 7.91. The first-order valence-corrected chi connectivity index (χ1v) is 7.65. The van der Waals surface area contributed by atoms with Crippen molar-refractivity contribution in [2.45, 2.75) is 17.4 Å². The van der Waals surface area contributed by atoms with Crippen LogP contribution in [0.4, 0.5) is 0 Å². The Balaban J connectivity index is 2.35. The summed E-state index contributed by atoms with van der Waals surface area (Å²) in [6, 6.07) is 4.47. The lowest BCUT2D eigenvalue weighted by Gasteiger charge is -2.16. The highest BCUT2D eigenvalue weighted by atomic mass is 79.9. The summed E-state index contributed by atoms with van der Waals surface area (Å²) < 4.78 is 26.2. The van der Waals surface area contributed by atoms with Crippen molar-refractivity contribution in [2.75, 3.05) is 13.1 Å². The van der Waals surface area contributed by atoms with E-state index in [0.29, 0.717) is 22.5 Å². The number of aliphatic hydroxyl groups excluding tert-OH is 1. The topological polar surface area (TPSA) is 57.6 Å². The smallest absolute Gasteiger partial charge is 0.243 e. The number of hydrogen-bond acceptors (Lipinski definition) is 3. The van der Waals surface area contributed by atoms with E-state index in [1.165, 1.54) is 22.5 Å². The molecule has 94 valence electrons. The van der Waals surface area contributed by atoms with Gasteiger partial charge in [-0.15, -0.1) is 0 Å². The van der Waals surface area contributed by atoms with Gasteiger partial charge in [0.25, 0.3) is 0 Å². The van der Waals surface area contributed by atoms with E-state index in [1.54, 1.807) is 0 Å². The van der Waals surface area contributed by atoms with E-state index < -0.39 is 16.1 Å². The van der Waals surface area contributed by atoms with Gasteiger partial charge in [0.2, 0.25) is 10.0 Å². The van der Waals surface area contributed by atoms with Crippen molar-refractivity contribution in [3.63, 3.8) is 0 Å². The summed E-state index contributed by atoms with van der Waals surface area (Å²) in [5, 5.41) is 9.84. The van der Waals surface area contributed by atoms with Crippen molar-refractivity contribution < 1.29 is 13.5 Å². The van der Waals surface area contributed by atoms with Crippen LogP contribution in [0.25, 0.3) is 0 Å². The molecule has 0 unspecified atom stereocenters. The number of rotatable bonds is 2. The van der Waals surface area contributed by atoms with Crippen LogP contribution in [0.15, 0.2) is 27.6 Å². The average molecular weight is 341 g/mol. The zero-order valence-corrected chi connectivity index (χ0v) is 12.0. The molecule has 0 saturated carbocycles. The number of sulfonamides is 1. The third-order valence-electron chi connectivity index (χ3n) is 2.65. The van der Waals surface area contributed by atoms with Crippen LogP contribution in [0.3, 0.4) is 0 Å². The Morgan fingerprint density at radius 3 is 2.71 bits per heavy atom. The van der Waals surface area contributed by atoms with E-state index in [9.17, 15) is 13.5 Å². The molecule has 0 spiro atoms. The van der Waals surface area contributed by atoms with Crippen LogP contribution in [-0.2, 0) is 10.0 Å². The van der Waals surface area contributed by atoms with Gasteiger partial charge in [0, 0.05) is 17.6 Å². The lowest BCUT2D eigenvalue weighted by molar-refractivity contribution is 0.189. The molecular weight excluding hydrogens is 330 g/mol. The number of benzene rings is 1. The van der Waals surface area contributed by atoms with E-state index in [1.807, 2.05) is 0 Å². The van der Waals surface area contributed by atoms with Crippen LogP contribution < -0.4 is 0 Å². The van der Waals surface area contributed by atoms with Crippen LogP contribution in [0.1, 0.15) is 6.42 Å². The second kappa shape index (κ2) is 4.85. The number of β-amino-alcohol motifs (C(OH)–C–C–N with tert-alkyl or cyclic N) is 1. The highest BCUT2D eigenvalue weighted by molar-refractivity contribution is 9.10. The van der Waals surface area contributed by atoms with Crippen LogP contribution in [0, 0.1) is 0 Å². The van der Waals surface area contributed by atoms with E-state index in [-0.39, 0.29) is 11.4 Å². The zero-order chi connectivity index (χ0) is 12.6. The van der Waals surface area contributed by atoms with Crippen LogP contribution in [0.2, 0.25) is 5.02 Å². The van der Waals surface area contributed by atoms with Crippen LogP contribution in [-0.4, -0.2) is 37.0 Å². The Bertz CT molecular complexity index is 534. The molecule has 1 N–H and O–H groups in total. The molecule has 1 saturated heterocycles. The molecule has 1 atom stereocenters. The van der Waals surface area contributed by atoms with Crippen molar-refractivity contribution in [1.29, 1.82) is 0 Å². The standard InChI is InChI=1S/C10H11BrClNO3S/c11-9-5-8(1-2-10(9)12)17(15,16)13-4-3-7(14)6-13/h1-2,5,7,14H,3-4,6H2/t7-/m1/s1. The van der Waals surface area contributed by atoms with Gasteiger partial charge in [0.05, 0.1) is 16.0 Å². The molecule has 0 radical (unpaired) electrons. The van der Waals surface area contributed by atoms with Gasteiger partial charge in [0.1, 0.15) is 0 Å². The quantitative estimate of drug-likeness (QED) is 0.894. The Hall–Kier alpha value is -0.140. The van der Waals surface area contributed by atoms with Gasteiger partial charge in [-0.3, -0.25) is 0 Å². The number of nitrogens with zero attached hydrogens (tertiary/aromatic N) is 1. The second-order valence-electron chi connectivity index (χ2n) is 3.88. The molecular formula is C10H11BrClNO3S. The van der Waals surface area contributed by atoms with Gasteiger partial charge in [-0.05, 0) is 40.5 Å². The highest BCUT2D eigenvalue weighted by Gasteiger charge is 2.31. The van der Waals surface area contributed by atoms with Gasteiger partial charge in [0.15, 0.2) is 0 Å². The van der Waals surface area contributed by atoms with Gasteiger partial charge in [-0.25, -0.2) is 8.42 Å². The van der Waals surface area contributed by atoms with Gasteiger partial charge >= 0.3 is 0 Å². The van der Waals surface area contributed by atoms with Gasteiger partial charge in [-0.2, -0.15) is 4.31 Å². The zero-order valence-electron chi connectivity index (χ0n) is 8.81. The molecule has 1 aromatic rings. The first kappa shape index (κ1) is 13.3. The average Bonchev–Trinajstić information content (AvgIpc) is 2.69. The molecule has 2 rings (SSSR count). The van der Waals surface area contributed by atoms with Gasteiger partial charge < -0.3 is 5.11 Å². The van der Waals surface area contributed by atoms with E-state index in [4.69, 9.17) is 11.6 Å². The molecule has 0 aliphatic carbocycles. The van der Waals surface area contributed by atoms with Crippen molar-refractivity contribution >= 4 is 37.6 Å². The monoisotopic (exact) mass is 339 g/mol. The summed E-state index contributed by atoms with van der Waals surface area (Å²) >= 11 is 9.01. The lowest BCUT2D eigenvalue weighted by atomic mass is 10.3. The fourth-order valence-electron chi connectivity index (χ4n) is 1.72. The van der Waals surface area contributed by atoms with Crippen molar-refractivity contribution in [2.24, 2.45) is 0 Å². The summed E-state index contributed by atoms with van der Waals surface area (Å²) in [5.74, 6) is 0. The third-order valence-corrected chi connectivity index (χ3v) is 5.73. The Kier molecular flexibility index (Phi) is 3.80. The molecule has 7 heteroatoms. The molecule has 1 aromatic carbocycles. The second-order valence-corrected chi connectivity index (χ2v) is 7.08. The maximum Gasteiger partial charge on any atom is 0.243 e. The number of halogens is 2. The molecule has 0 amide bonds. The van der Waals surface area contributed by atoms with Crippen molar-refractivity contribution in [3.8, 4) is 0 Å². The summed E-state index contributed by atoms with van der Waals surface area (Å²) in [6.45, 7) is 0.506. The third kappa shape index (κ3) is 2.66. The summed E-state index contributed by atoms with van der Waals surface area (Å²) in [4.78, 5) is 0.183. The van der Waals surface area contributed by atoms with Crippen molar-refractivity contribution in [3.05, 3.63) is 27.7 Å². The summed E-state index contributed by atoms with van der Waals surface area (Å²) in [5.41, 5.74) is 0. The summed E-state index contributed by atoms with van der Waals surface area (Å²) in [7, 11) is -3.53. The maximum absolute atomic E-state index is 12.2. The van der Waals surface area contributed by atoms with Crippen LogP contribution in [0.5, 0.6) is 0 Å². The molecule has 1 heterocycles. The van der Waals surface area contributed by atoms with Crippen LogP contribution >= 0.6 is 27.5 Å². The van der Waals surface area contributed by atoms with E-state index >= 15 is 0 Å². The normalized spacial score (nSPS) is 21.9. The summed E-state index contributed by atoms with van der Waals surface area (Å²) in [6.07, 6.45) is -0.0888. The molecule has 1 aliphatic heterocycles. The molecule has 1 fully saturated rings. The minimum absolute atomic E-state index is 0.155.